The van der Waals surface area contributed by atoms with Crippen molar-refractivity contribution >= 4 is 23.3 Å². The first-order valence-corrected chi connectivity index (χ1v) is 14.1. The third-order valence-corrected chi connectivity index (χ3v) is 7.91. The maximum absolute atomic E-state index is 13.5. The largest absolute Gasteiger partial charge is 0.392 e. The lowest BCUT2D eigenvalue weighted by atomic mass is 9.81. The highest BCUT2D eigenvalue weighted by molar-refractivity contribution is 6.00. The number of amidine groups is 1. The van der Waals surface area contributed by atoms with E-state index in [1.165, 1.54) is 0 Å². The number of aliphatic hydroxyl groups excluding tert-OH is 1. The maximum Gasteiger partial charge on any atom is 0.247 e. The predicted octanol–water partition coefficient (Wildman–Crippen LogP) is 2.55. The van der Waals surface area contributed by atoms with Gasteiger partial charge < -0.3 is 21.5 Å². The Morgan fingerprint density at radius 2 is 1.66 bits per heavy atom. The molecule has 1 aliphatic heterocycles. The fraction of sp³-hybridized carbons (Fsp3) is 0.323. The number of aliphatic hydroxyl groups is 1. The molecule has 3 aromatic carbocycles. The van der Waals surface area contributed by atoms with Crippen LogP contribution in [0.4, 0.5) is 5.69 Å². The molecule has 3 aromatic rings. The van der Waals surface area contributed by atoms with Gasteiger partial charge in [-0.05, 0) is 84.7 Å². The van der Waals surface area contributed by atoms with E-state index in [9.17, 15) is 14.7 Å². The van der Waals surface area contributed by atoms with E-state index in [2.05, 4.69) is 32.2 Å². The molecule has 1 unspecified atom stereocenters. The Balaban J connectivity index is 1.30. The molecule has 10 nitrogen and oxygen atoms in total. The smallest absolute Gasteiger partial charge is 0.247 e. The molecule has 1 fully saturated rings. The van der Waals surface area contributed by atoms with Gasteiger partial charge in [0.25, 0.3) is 0 Å². The number of anilines is 1. The molecule has 10 heteroatoms. The molecular formula is C31H37N7O3. The minimum Gasteiger partial charge on any atom is -0.392 e. The number of rotatable bonds is 10. The van der Waals surface area contributed by atoms with Crippen LogP contribution in [0.3, 0.4) is 0 Å². The van der Waals surface area contributed by atoms with Gasteiger partial charge in [0.15, 0.2) is 5.84 Å². The van der Waals surface area contributed by atoms with Crippen LogP contribution in [-0.4, -0.2) is 35.3 Å². The summed E-state index contributed by atoms with van der Waals surface area (Å²) in [5.41, 5.74) is 19.2. The van der Waals surface area contributed by atoms with Gasteiger partial charge in [-0.25, -0.2) is 5.53 Å². The predicted molar refractivity (Wildman–Crippen MR) is 159 cm³/mol. The van der Waals surface area contributed by atoms with Gasteiger partial charge in [-0.3, -0.25) is 15.0 Å². The topological polar surface area (TPSA) is 153 Å². The molecule has 2 aliphatic rings. The van der Waals surface area contributed by atoms with Crippen LogP contribution < -0.4 is 32.9 Å². The summed E-state index contributed by atoms with van der Waals surface area (Å²) in [6.07, 6.45) is 3.77. The fourth-order valence-electron chi connectivity index (χ4n) is 5.43. The molecule has 1 heterocycles. The van der Waals surface area contributed by atoms with Gasteiger partial charge in [0, 0.05) is 23.6 Å². The Morgan fingerprint density at radius 1 is 0.951 bits per heavy atom. The number of carbonyl (C=O) groups is 2. The maximum atomic E-state index is 13.5. The number of nitrogens with two attached hydrogens (primary N) is 1. The van der Waals surface area contributed by atoms with Crippen LogP contribution in [-0.2, 0) is 22.6 Å². The molecule has 1 atom stereocenters. The SMILES string of the molecule is NCC1CCC(C(=O)NC(Cc2ccc(-c3ccccc3CO)cc2)C(=O)Nc2ccc(C3=NNNN3)cc2)CC1. The average Bonchev–Trinajstić information content (AvgIpc) is 3.57. The third-order valence-electron chi connectivity index (χ3n) is 7.91. The summed E-state index contributed by atoms with van der Waals surface area (Å²) in [4.78, 5) is 26.8. The van der Waals surface area contributed by atoms with E-state index < -0.39 is 6.04 Å². The van der Waals surface area contributed by atoms with Crippen molar-refractivity contribution in [1.82, 2.24) is 21.8 Å². The summed E-state index contributed by atoms with van der Waals surface area (Å²) in [5.74, 6) is 0.618. The fourth-order valence-corrected chi connectivity index (χ4v) is 5.43. The summed E-state index contributed by atoms with van der Waals surface area (Å²) in [7, 11) is 0. The highest BCUT2D eigenvalue weighted by Gasteiger charge is 2.29. The van der Waals surface area contributed by atoms with Gasteiger partial charge in [-0.1, -0.05) is 48.5 Å². The zero-order chi connectivity index (χ0) is 28.6. The van der Waals surface area contributed by atoms with Crippen LogP contribution >= 0.6 is 0 Å². The summed E-state index contributed by atoms with van der Waals surface area (Å²) in [5, 5.41) is 19.8. The van der Waals surface area contributed by atoms with Crippen molar-refractivity contribution in [3.8, 4) is 11.1 Å². The molecule has 1 saturated carbocycles. The molecular weight excluding hydrogens is 518 g/mol. The number of nitrogens with one attached hydrogen (secondary N) is 5. The molecule has 41 heavy (non-hydrogen) atoms. The average molecular weight is 556 g/mol. The lowest BCUT2D eigenvalue weighted by molar-refractivity contribution is -0.130. The van der Waals surface area contributed by atoms with Crippen LogP contribution in [0.25, 0.3) is 11.1 Å². The van der Waals surface area contributed by atoms with Crippen LogP contribution in [0.5, 0.6) is 0 Å². The molecule has 1 aliphatic carbocycles. The third kappa shape index (κ3) is 7.10. The molecule has 0 bridgehead atoms. The monoisotopic (exact) mass is 555 g/mol. The van der Waals surface area contributed by atoms with Crippen molar-refractivity contribution < 1.29 is 14.7 Å². The van der Waals surface area contributed by atoms with Crippen molar-refractivity contribution in [3.05, 3.63) is 89.5 Å². The van der Waals surface area contributed by atoms with Gasteiger partial charge in [-0.15, -0.1) is 10.6 Å². The zero-order valence-electron chi connectivity index (χ0n) is 22.9. The lowest BCUT2D eigenvalue weighted by Crippen LogP contribution is -2.48. The highest BCUT2D eigenvalue weighted by atomic mass is 16.3. The molecule has 8 N–H and O–H groups in total. The summed E-state index contributed by atoms with van der Waals surface area (Å²) in [6, 6.07) is 22.2. The molecule has 2 amide bonds. The Morgan fingerprint density at radius 3 is 2.32 bits per heavy atom. The van der Waals surface area contributed by atoms with Crippen molar-refractivity contribution in [3.63, 3.8) is 0 Å². The molecule has 0 radical (unpaired) electrons. The van der Waals surface area contributed by atoms with Crippen molar-refractivity contribution in [2.45, 2.75) is 44.8 Å². The number of hydrogen-bond acceptors (Lipinski definition) is 8. The normalized spacial score (nSPS) is 18.9. The van der Waals surface area contributed by atoms with Crippen LogP contribution in [0, 0.1) is 11.8 Å². The molecule has 0 spiro atoms. The Bertz CT molecular complexity index is 1370. The number of hydrazine groups is 2. The van der Waals surface area contributed by atoms with Crippen molar-refractivity contribution in [2.75, 3.05) is 11.9 Å². The van der Waals surface area contributed by atoms with Crippen molar-refractivity contribution in [1.29, 1.82) is 0 Å². The van der Waals surface area contributed by atoms with Gasteiger partial charge in [0.05, 0.1) is 6.61 Å². The van der Waals surface area contributed by atoms with E-state index in [1.807, 2.05) is 60.7 Å². The van der Waals surface area contributed by atoms with Crippen LogP contribution in [0.2, 0.25) is 0 Å². The van der Waals surface area contributed by atoms with Gasteiger partial charge >= 0.3 is 0 Å². The highest BCUT2D eigenvalue weighted by Crippen LogP contribution is 2.29. The number of hydrogen-bond donors (Lipinski definition) is 7. The zero-order valence-corrected chi connectivity index (χ0v) is 22.9. The first kappa shape index (κ1) is 28.3. The van der Waals surface area contributed by atoms with E-state index in [0.717, 1.165) is 53.5 Å². The van der Waals surface area contributed by atoms with E-state index in [-0.39, 0.29) is 24.3 Å². The van der Waals surface area contributed by atoms with Gasteiger partial charge in [0.2, 0.25) is 11.8 Å². The standard InChI is InChI=1S/C31H37N7O3/c32-18-21-7-11-24(12-8-21)30(40)34-28(31(41)33-26-15-13-23(14-16-26)29-35-37-38-36-29)17-20-5-9-22(10-6-20)27-4-2-1-3-25(27)19-39/h1-6,9-10,13-16,21,24,28,37-39H,7-8,11-12,17-19,32H2,(H,33,41)(H,34,40)(H,35,36). The first-order valence-electron chi connectivity index (χ1n) is 14.1. The van der Waals surface area contributed by atoms with Crippen LogP contribution in [0.15, 0.2) is 77.9 Å². The van der Waals surface area contributed by atoms with Gasteiger partial charge in [0.1, 0.15) is 6.04 Å². The van der Waals surface area contributed by atoms with Crippen molar-refractivity contribution in [2.24, 2.45) is 22.7 Å². The quantitative estimate of drug-likeness (QED) is 0.203. The van der Waals surface area contributed by atoms with Crippen LogP contribution in [0.1, 0.15) is 42.4 Å². The second-order valence-corrected chi connectivity index (χ2v) is 10.6. The Labute approximate surface area is 239 Å². The molecule has 214 valence electrons. The number of nitrogens with zero attached hydrogens (tertiary/aromatic N) is 1. The summed E-state index contributed by atoms with van der Waals surface area (Å²) in [6.45, 7) is 0.603. The molecule has 0 aromatic heterocycles. The molecule has 5 rings (SSSR count). The second-order valence-electron chi connectivity index (χ2n) is 10.6. The Kier molecular flexibility index (Phi) is 9.25. The minimum atomic E-state index is -0.751. The molecule has 0 saturated heterocycles. The van der Waals surface area contributed by atoms with Gasteiger partial charge in [-0.2, -0.15) is 0 Å². The van der Waals surface area contributed by atoms with E-state index in [1.54, 1.807) is 12.1 Å². The minimum absolute atomic E-state index is 0.0429. The van der Waals surface area contributed by atoms with E-state index >= 15 is 0 Å². The lowest BCUT2D eigenvalue weighted by Gasteiger charge is -2.28. The Hall–Kier alpha value is -4.25. The van der Waals surface area contributed by atoms with E-state index in [4.69, 9.17) is 5.73 Å². The first-order chi connectivity index (χ1) is 20.0. The number of amides is 2. The summed E-state index contributed by atoms with van der Waals surface area (Å²) >= 11 is 0. The second kappa shape index (κ2) is 13.4. The van der Waals surface area contributed by atoms with E-state index in [0.29, 0.717) is 30.4 Å². The number of carbonyl (C=O) groups excluding carboxylic acids is 2. The summed E-state index contributed by atoms with van der Waals surface area (Å²) < 4.78 is 0. The number of benzene rings is 3. The number of hydrazone groups is 1.